The zero-order valence-corrected chi connectivity index (χ0v) is 22.0. The van der Waals surface area contributed by atoms with Crippen molar-refractivity contribution in [2.24, 2.45) is 5.73 Å². The maximum Gasteiger partial charge on any atom is 0.435 e. The van der Waals surface area contributed by atoms with Gasteiger partial charge in [0, 0.05) is 42.9 Å². The Balaban J connectivity index is 1.40. The number of hydrogen-bond donors (Lipinski definition) is 3. The molecule has 0 saturated heterocycles. The molecular formula is C27H31F3N8O2. The first kappa shape index (κ1) is 27.6. The van der Waals surface area contributed by atoms with E-state index in [0.29, 0.717) is 55.4 Å². The number of aromatic nitrogens is 5. The highest BCUT2D eigenvalue weighted by Gasteiger charge is 2.39. The van der Waals surface area contributed by atoms with Crippen molar-refractivity contribution in [1.82, 2.24) is 29.5 Å². The molecule has 0 bridgehead atoms. The summed E-state index contributed by atoms with van der Waals surface area (Å²) < 4.78 is 50.0. The van der Waals surface area contributed by atoms with Gasteiger partial charge in [-0.25, -0.2) is 9.97 Å². The van der Waals surface area contributed by atoms with Gasteiger partial charge in [0.2, 0.25) is 0 Å². The molecule has 1 saturated carbocycles. The molecule has 10 nitrogen and oxygen atoms in total. The van der Waals surface area contributed by atoms with Crippen LogP contribution in [0.3, 0.4) is 0 Å². The van der Waals surface area contributed by atoms with Gasteiger partial charge in [-0.1, -0.05) is 6.92 Å². The zero-order chi connectivity index (χ0) is 28.3. The van der Waals surface area contributed by atoms with Crippen molar-refractivity contribution in [3.05, 3.63) is 59.8 Å². The Bertz CT molecular complexity index is 1490. The van der Waals surface area contributed by atoms with E-state index in [1.54, 1.807) is 22.7 Å². The third kappa shape index (κ3) is 5.65. The molecule has 0 atom stereocenters. The largest absolute Gasteiger partial charge is 0.435 e. The maximum atomic E-state index is 13.9. The lowest BCUT2D eigenvalue weighted by molar-refractivity contribution is -0.141. The van der Waals surface area contributed by atoms with Crippen LogP contribution in [-0.2, 0) is 17.3 Å². The lowest BCUT2D eigenvalue weighted by atomic mass is 9.93. The molecule has 40 heavy (non-hydrogen) atoms. The number of nitrogens with two attached hydrogens (primary N) is 1. The van der Waals surface area contributed by atoms with Crippen LogP contribution < -0.4 is 16.4 Å². The number of halogens is 3. The van der Waals surface area contributed by atoms with E-state index >= 15 is 0 Å². The molecule has 5 rings (SSSR count). The summed E-state index contributed by atoms with van der Waals surface area (Å²) in [5.41, 5.74) is 7.10. The van der Waals surface area contributed by atoms with E-state index in [2.05, 4.69) is 25.7 Å². The van der Waals surface area contributed by atoms with Crippen molar-refractivity contribution in [3.63, 3.8) is 0 Å². The highest BCUT2D eigenvalue weighted by molar-refractivity contribution is 5.96. The van der Waals surface area contributed by atoms with Gasteiger partial charge in [-0.05, 0) is 49.4 Å². The second kappa shape index (κ2) is 11.6. The average molecular weight is 557 g/mol. The summed E-state index contributed by atoms with van der Waals surface area (Å²) in [5.74, 6) is 0.158. The number of alkyl halides is 3. The number of amides is 1. The Morgan fingerprint density at radius 3 is 2.75 bits per heavy atom. The highest BCUT2D eigenvalue weighted by atomic mass is 19.4. The molecular weight excluding hydrogens is 525 g/mol. The second-order valence-electron chi connectivity index (χ2n) is 9.57. The molecule has 0 aliphatic heterocycles. The number of hydrogen-bond acceptors (Lipinski definition) is 7. The van der Waals surface area contributed by atoms with Crippen molar-refractivity contribution in [1.29, 1.82) is 0 Å². The minimum absolute atomic E-state index is 0.0183. The van der Waals surface area contributed by atoms with Gasteiger partial charge in [-0.15, -0.1) is 0 Å². The molecule has 1 amide bonds. The van der Waals surface area contributed by atoms with Crippen LogP contribution in [0.1, 0.15) is 53.8 Å². The number of benzene rings is 1. The van der Waals surface area contributed by atoms with Gasteiger partial charge in [0.05, 0.1) is 36.7 Å². The molecule has 4 aromatic rings. The molecule has 0 radical (unpaired) electrons. The second-order valence-corrected chi connectivity index (χ2v) is 9.57. The fraction of sp³-hybridized carbons (Fsp3) is 0.407. The summed E-state index contributed by atoms with van der Waals surface area (Å²) in [7, 11) is 0. The van der Waals surface area contributed by atoms with Crippen molar-refractivity contribution in [2.45, 2.75) is 44.8 Å². The predicted molar refractivity (Wildman–Crippen MR) is 143 cm³/mol. The molecule has 4 N–H and O–H groups in total. The number of rotatable bonds is 11. The number of carbonyl (C=O) groups excluding carboxylic acids is 1. The molecule has 0 spiro atoms. The topological polar surface area (TPSA) is 124 Å². The summed E-state index contributed by atoms with van der Waals surface area (Å²) in [6.45, 7) is 3.54. The van der Waals surface area contributed by atoms with Crippen LogP contribution in [-0.4, -0.2) is 56.4 Å². The van der Waals surface area contributed by atoms with Gasteiger partial charge >= 0.3 is 6.18 Å². The van der Waals surface area contributed by atoms with Crippen molar-refractivity contribution in [2.75, 3.05) is 31.6 Å². The molecule has 3 heterocycles. The van der Waals surface area contributed by atoms with Gasteiger partial charge < -0.3 is 21.1 Å². The normalized spacial score (nSPS) is 13.9. The third-order valence-electron chi connectivity index (χ3n) is 6.94. The highest BCUT2D eigenvalue weighted by Crippen LogP contribution is 2.40. The summed E-state index contributed by atoms with van der Waals surface area (Å²) in [5, 5.41) is 9.95. The number of carbonyl (C=O) groups is 1. The predicted octanol–water partition coefficient (Wildman–Crippen LogP) is 4.35. The monoisotopic (exact) mass is 556 g/mol. The number of nitrogens with one attached hydrogen (secondary N) is 2. The van der Waals surface area contributed by atoms with Gasteiger partial charge in [-0.3, -0.25) is 13.9 Å². The van der Waals surface area contributed by atoms with Gasteiger partial charge in [0.1, 0.15) is 0 Å². The Hall–Kier alpha value is -3.97. The lowest BCUT2D eigenvalue weighted by Crippen LogP contribution is -2.28. The molecule has 1 aliphatic rings. The van der Waals surface area contributed by atoms with E-state index in [1.807, 2.05) is 13.0 Å². The Labute approximate surface area is 228 Å². The van der Waals surface area contributed by atoms with Crippen LogP contribution >= 0.6 is 0 Å². The third-order valence-corrected chi connectivity index (χ3v) is 6.94. The first-order chi connectivity index (χ1) is 19.3. The first-order valence-electron chi connectivity index (χ1n) is 13.2. The van der Waals surface area contributed by atoms with Crippen LogP contribution in [0.4, 0.5) is 24.7 Å². The standard InChI is InChI=1S/C27H31F3N8O2/c1-2-17-14-18(6-7-20(17)26(39)33-10-13-40-12-8-31)35-24-25-34-15-22(37(25)11-9-32-24)21-16-38(19-4-3-5-19)36-23(21)27(28,29)30/h6-7,9,11,14-16,19H,2-5,8,10,12-13,31H2,1H3,(H,32,35)(H,33,39). The number of ether oxygens (including phenoxy) is 1. The Kier molecular flexibility index (Phi) is 8.03. The maximum absolute atomic E-state index is 13.9. The van der Waals surface area contributed by atoms with Gasteiger partial charge in [-0.2, -0.15) is 18.3 Å². The Morgan fingerprint density at radius 2 is 2.05 bits per heavy atom. The summed E-state index contributed by atoms with van der Waals surface area (Å²) in [6, 6.07) is 5.30. The van der Waals surface area contributed by atoms with Crippen LogP contribution in [0.15, 0.2) is 43.0 Å². The molecule has 13 heteroatoms. The van der Waals surface area contributed by atoms with E-state index < -0.39 is 11.9 Å². The van der Waals surface area contributed by atoms with E-state index in [-0.39, 0.29) is 23.2 Å². The van der Waals surface area contributed by atoms with Crippen molar-refractivity contribution < 1.29 is 22.7 Å². The zero-order valence-electron chi connectivity index (χ0n) is 22.0. The average Bonchev–Trinajstić information content (AvgIpc) is 3.52. The number of fused-ring (bicyclic) bond motifs is 1. The lowest BCUT2D eigenvalue weighted by Gasteiger charge is -2.25. The molecule has 0 unspecified atom stereocenters. The van der Waals surface area contributed by atoms with Crippen LogP contribution in [0.25, 0.3) is 16.9 Å². The SMILES string of the molecule is CCc1cc(Nc2nccn3c(-c4cn(C5CCC5)nc4C(F)(F)F)cnc23)ccc1C(=O)NCCOCCN. The number of nitrogens with zero attached hydrogens (tertiary/aromatic N) is 5. The number of anilines is 2. The minimum Gasteiger partial charge on any atom is -0.378 e. The van der Waals surface area contributed by atoms with Crippen molar-refractivity contribution in [3.8, 4) is 11.3 Å². The summed E-state index contributed by atoms with van der Waals surface area (Å²) in [4.78, 5) is 21.4. The van der Waals surface area contributed by atoms with E-state index in [4.69, 9.17) is 10.5 Å². The number of aryl methyl sites for hydroxylation is 1. The quantitative estimate of drug-likeness (QED) is 0.235. The van der Waals surface area contributed by atoms with Crippen LogP contribution in [0.5, 0.6) is 0 Å². The minimum atomic E-state index is -4.61. The van der Waals surface area contributed by atoms with E-state index in [9.17, 15) is 18.0 Å². The molecule has 3 aromatic heterocycles. The Morgan fingerprint density at radius 1 is 1.23 bits per heavy atom. The fourth-order valence-electron chi connectivity index (χ4n) is 4.67. The van der Waals surface area contributed by atoms with Crippen LogP contribution in [0.2, 0.25) is 0 Å². The smallest absolute Gasteiger partial charge is 0.378 e. The van der Waals surface area contributed by atoms with Gasteiger partial charge in [0.25, 0.3) is 5.91 Å². The van der Waals surface area contributed by atoms with Crippen molar-refractivity contribution >= 4 is 23.1 Å². The van der Waals surface area contributed by atoms with E-state index in [1.165, 1.54) is 23.3 Å². The fourth-order valence-corrected chi connectivity index (χ4v) is 4.67. The molecule has 1 fully saturated rings. The first-order valence-corrected chi connectivity index (χ1v) is 13.2. The molecule has 212 valence electrons. The summed E-state index contributed by atoms with van der Waals surface area (Å²) in [6.07, 6.45) is 4.55. The molecule has 1 aliphatic carbocycles. The van der Waals surface area contributed by atoms with Gasteiger partial charge in [0.15, 0.2) is 17.2 Å². The van der Waals surface area contributed by atoms with E-state index in [0.717, 1.165) is 24.8 Å². The molecule has 1 aromatic carbocycles. The summed E-state index contributed by atoms with van der Waals surface area (Å²) >= 11 is 0. The van der Waals surface area contributed by atoms with Crippen LogP contribution in [0, 0.1) is 0 Å². The number of imidazole rings is 1.